The standard InChI is InChI=1S/C14H20S5/c1-16-12-6-4-11(5-7-12)14-18-9-13(19-14)3-2-8-17-10-15/h4-7,13-15H,2-3,8-10H2,1H3. The Kier molecular flexibility index (Phi) is 7.81. The molecule has 0 amide bonds. The maximum atomic E-state index is 4.23. The Morgan fingerprint density at radius 1 is 1.32 bits per heavy atom. The van der Waals surface area contributed by atoms with Gasteiger partial charge < -0.3 is 0 Å². The van der Waals surface area contributed by atoms with E-state index in [1.54, 1.807) is 0 Å². The molecule has 0 aromatic heterocycles. The number of hydrogen-bond donors (Lipinski definition) is 1. The normalized spacial score (nSPS) is 22.8. The lowest BCUT2D eigenvalue weighted by Crippen LogP contribution is -2.01. The molecule has 0 radical (unpaired) electrons. The largest absolute Gasteiger partial charge is 0.168 e. The minimum atomic E-state index is 0.651. The molecule has 2 atom stereocenters. The third-order valence-corrected chi connectivity index (χ3v) is 8.52. The van der Waals surface area contributed by atoms with Gasteiger partial charge in [-0.25, -0.2) is 0 Å². The number of thioether (sulfide) groups is 4. The lowest BCUT2D eigenvalue weighted by molar-refractivity contribution is 0.806. The minimum absolute atomic E-state index is 0.651. The SMILES string of the molecule is CSc1ccc(C2SCC(CCCSCS)S2)cc1. The van der Waals surface area contributed by atoms with Gasteiger partial charge in [-0.1, -0.05) is 12.1 Å². The molecule has 1 aliphatic heterocycles. The van der Waals surface area contributed by atoms with E-state index in [4.69, 9.17) is 0 Å². The molecular formula is C14H20S5. The summed E-state index contributed by atoms with van der Waals surface area (Å²) in [6.45, 7) is 0. The Morgan fingerprint density at radius 2 is 2.11 bits per heavy atom. The molecule has 0 nitrogen and oxygen atoms in total. The van der Waals surface area contributed by atoms with E-state index in [0.29, 0.717) is 4.58 Å². The third-order valence-electron chi connectivity index (χ3n) is 3.04. The van der Waals surface area contributed by atoms with Crippen LogP contribution in [0.5, 0.6) is 0 Å². The van der Waals surface area contributed by atoms with Crippen molar-refractivity contribution in [2.24, 2.45) is 0 Å². The summed E-state index contributed by atoms with van der Waals surface area (Å²) in [6, 6.07) is 9.10. The molecule has 1 heterocycles. The van der Waals surface area contributed by atoms with Crippen LogP contribution in [-0.2, 0) is 0 Å². The number of hydrogen-bond acceptors (Lipinski definition) is 5. The Balaban J connectivity index is 1.77. The van der Waals surface area contributed by atoms with Gasteiger partial charge in [0.15, 0.2) is 0 Å². The molecular weight excluding hydrogens is 328 g/mol. The highest BCUT2D eigenvalue weighted by molar-refractivity contribution is 8.19. The fraction of sp³-hybridized carbons (Fsp3) is 0.571. The van der Waals surface area contributed by atoms with Crippen molar-refractivity contribution in [2.75, 3.05) is 22.8 Å². The number of rotatable bonds is 7. The third kappa shape index (κ3) is 5.34. The molecule has 1 aromatic rings. The van der Waals surface area contributed by atoms with E-state index in [-0.39, 0.29) is 0 Å². The molecule has 106 valence electrons. The Morgan fingerprint density at radius 3 is 2.79 bits per heavy atom. The van der Waals surface area contributed by atoms with Crippen LogP contribution in [0, 0.1) is 0 Å². The topological polar surface area (TPSA) is 0 Å². The summed E-state index contributed by atoms with van der Waals surface area (Å²) < 4.78 is 0.651. The van der Waals surface area contributed by atoms with Gasteiger partial charge in [0.25, 0.3) is 0 Å². The van der Waals surface area contributed by atoms with E-state index < -0.39 is 0 Å². The van der Waals surface area contributed by atoms with E-state index in [2.05, 4.69) is 66.7 Å². The number of thiol groups is 1. The van der Waals surface area contributed by atoms with Crippen LogP contribution in [-0.4, -0.2) is 28.1 Å². The highest BCUT2D eigenvalue weighted by Gasteiger charge is 2.26. The Bertz CT molecular complexity index is 365. The van der Waals surface area contributed by atoms with Gasteiger partial charge in [-0.3, -0.25) is 0 Å². The van der Waals surface area contributed by atoms with Crippen LogP contribution in [0.15, 0.2) is 29.2 Å². The van der Waals surface area contributed by atoms with Crippen molar-refractivity contribution >= 4 is 59.7 Å². The highest BCUT2D eigenvalue weighted by Crippen LogP contribution is 2.50. The summed E-state index contributed by atoms with van der Waals surface area (Å²) in [4.78, 5) is 1.36. The summed E-state index contributed by atoms with van der Waals surface area (Å²) in [7, 11) is 0. The van der Waals surface area contributed by atoms with Crippen molar-refractivity contribution in [1.82, 2.24) is 0 Å². The lowest BCUT2D eigenvalue weighted by atomic mass is 10.2. The molecule has 0 saturated carbocycles. The first-order chi connectivity index (χ1) is 9.33. The average molecular weight is 349 g/mol. The van der Waals surface area contributed by atoms with Gasteiger partial charge in [0.1, 0.15) is 0 Å². The molecule has 0 spiro atoms. The smallest absolute Gasteiger partial charge is 0.0754 e. The van der Waals surface area contributed by atoms with E-state index in [1.165, 1.54) is 34.8 Å². The van der Waals surface area contributed by atoms with Gasteiger partial charge in [0, 0.05) is 21.0 Å². The zero-order valence-electron chi connectivity index (χ0n) is 11.1. The molecule has 1 saturated heterocycles. The van der Waals surface area contributed by atoms with Gasteiger partial charge in [-0.05, 0) is 42.5 Å². The fourth-order valence-electron chi connectivity index (χ4n) is 2.01. The van der Waals surface area contributed by atoms with Crippen LogP contribution in [0.3, 0.4) is 0 Å². The molecule has 2 unspecified atom stereocenters. The van der Waals surface area contributed by atoms with Crippen LogP contribution < -0.4 is 0 Å². The zero-order valence-corrected chi connectivity index (χ0v) is 15.2. The van der Waals surface area contributed by atoms with Crippen LogP contribution in [0.4, 0.5) is 0 Å². The van der Waals surface area contributed by atoms with Gasteiger partial charge >= 0.3 is 0 Å². The molecule has 5 heteroatoms. The van der Waals surface area contributed by atoms with Crippen molar-refractivity contribution in [3.05, 3.63) is 29.8 Å². The summed E-state index contributed by atoms with van der Waals surface area (Å²) >= 11 is 12.3. The van der Waals surface area contributed by atoms with Gasteiger partial charge in [0.2, 0.25) is 0 Å². The van der Waals surface area contributed by atoms with Gasteiger partial charge in [0.05, 0.1) is 4.58 Å². The second-order valence-corrected chi connectivity index (χ2v) is 9.95. The van der Waals surface area contributed by atoms with Crippen LogP contribution in [0.1, 0.15) is 23.0 Å². The zero-order chi connectivity index (χ0) is 13.5. The van der Waals surface area contributed by atoms with E-state index in [0.717, 1.165) is 10.3 Å². The van der Waals surface area contributed by atoms with Gasteiger partial charge in [-0.15, -0.1) is 35.3 Å². The second kappa shape index (κ2) is 9.08. The molecule has 1 fully saturated rings. The van der Waals surface area contributed by atoms with E-state index in [9.17, 15) is 0 Å². The van der Waals surface area contributed by atoms with Crippen LogP contribution in [0.2, 0.25) is 0 Å². The van der Waals surface area contributed by atoms with Crippen molar-refractivity contribution in [3.8, 4) is 0 Å². The first-order valence-corrected chi connectivity index (χ1v) is 11.4. The van der Waals surface area contributed by atoms with Crippen LogP contribution >= 0.6 is 59.7 Å². The summed E-state index contributed by atoms with van der Waals surface area (Å²) in [5.41, 5.74) is 1.49. The second-order valence-electron chi connectivity index (χ2n) is 4.38. The van der Waals surface area contributed by atoms with Gasteiger partial charge in [-0.2, -0.15) is 24.4 Å². The average Bonchev–Trinajstić information content (AvgIpc) is 2.92. The van der Waals surface area contributed by atoms with Crippen molar-refractivity contribution < 1.29 is 0 Å². The quantitative estimate of drug-likeness (QED) is 0.292. The molecule has 0 aliphatic carbocycles. The fourth-order valence-corrected chi connectivity index (χ4v) is 6.75. The first-order valence-electron chi connectivity index (χ1n) is 6.43. The molecule has 2 rings (SSSR count). The van der Waals surface area contributed by atoms with Crippen molar-refractivity contribution in [2.45, 2.75) is 27.6 Å². The maximum absolute atomic E-state index is 4.23. The predicted octanol–water partition coefficient (Wildman–Crippen LogP) is 5.66. The Hall–Kier alpha value is 0.970. The summed E-state index contributed by atoms with van der Waals surface area (Å²) in [5.74, 6) is 2.57. The molecule has 1 aliphatic rings. The number of benzene rings is 1. The lowest BCUT2D eigenvalue weighted by Gasteiger charge is -2.11. The molecule has 1 aromatic carbocycles. The maximum Gasteiger partial charge on any atom is 0.0754 e. The highest BCUT2D eigenvalue weighted by atomic mass is 32.2. The molecule has 0 N–H and O–H groups in total. The summed E-state index contributed by atoms with van der Waals surface area (Å²) in [5, 5.41) is 1.80. The first kappa shape index (κ1) is 16.3. The Labute approximate surface area is 139 Å². The van der Waals surface area contributed by atoms with E-state index >= 15 is 0 Å². The van der Waals surface area contributed by atoms with Crippen LogP contribution in [0.25, 0.3) is 0 Å². The predicted molar refractivity (Wildman–Crippen MR) is 100 cm³/mol. The minimum Gasteiger partial charge on any atom is -0.168 e. The van der Waals surface area contributed by atoms with Crippen molar-refractivity contribution in [1.29, 1.82) is 0 Å². The van der Waals surface area contributed by atoms with E-state index in [1.807, 2.05) is 23.5 Å². The summed E-state index contributed by atoms with van der Waals surface area (Å²) in [6.07, 6.45) is 4.83. The monoisotopic (exact) mass is 348 g/mol. The van der Waals surface area contributed by atoms with Crippen molar-refractivity contribution in [3.63, 3.8) is 0 Å². The molecule has 19 heavy (non-hydrogen) atoms. The molecule has 0 bridgehead atoms.